The van der Waals surface area contributed by atoms with Crippen LogP contribution in [0.15, 0.2) is 59.8 Å². The Labute approximate surface area is 156 Å². The third kappa shape index (κ3) is 4.72. The van der Waals surface area contributed by atoms with Crippen LogP contribution in [0.4, 0.5) is 0 Å². The molecule has 27 heavy (non-hydrogen) atoms. The molecule has 3 aromatic rings. The van der Waals surface area contributed by atoms with Gasteiger partial charge in [0.2, 0.25) is 0 Å². The predicted molar refractivity (Wildman–Crippen MR) is 102 cm³/mol. The molecule has 0 saturated heterocycles. The molecule has 3 rings (SSSR count). The number of aromatic hydroxyl groups is 1. The van der Waals surface area contributed by atoms with Crippen LogP contribution in [-0.2, 0) is 4.79 Å². The number of hydrogen-bond acceptors (Lipinski definition) is 6. The number of carbonyl (C=O) groups excluding carboxylic acids is 1. The number of carbonyl (C=O) groups is 1. The Morgan fingerprint density at radius 1 is 1.19 bits per heavy atom. The zero-order valence-corrected chi connectivity index (χ0v) is 14.8. The highest BCUT2D eigenvalue weighted by molar-refractivity contribution is 5.86. The van der Waals surface area contributed by atoms with Crippen molar-refractivity contribution < 1.29 is 19.4 Å². The second-order valence-electron chi connectivity index (χ2n) is 5.57. The number of hydrogen-bond donors (Lipinski definition) is 2. The van der Waals surface area contributed by atoms with Crippen LogP contribution in [-0.4, -0.2) is 35.4 Å². The lowest BCUT2D eigenvalue weighted by Gasteiger charge is -2.07. The summed E-state index contributed by atoms with van der Waals surface area (Å²) in [5.74, 6) is 0.546. The fourth-order valence-electron chi connectivity index (χ4n) is 2.43. The van der Waals surface area contributed by atoms with Crippen molar-refractivity contribution in [1.82, 2.24) is 10.4 Å². The largest absolute Gasteiger partial charge is 0.504 e. The van der Waals surface area contributed by atoms with Crippen molar-refractivity contribution >= 4 is 23.0 Å². The van der Waals surface area contributed by atoms with E-state index in [2.05, 4.69) is 15.5 Å². The van der Waals surface area contributed by atoms with Gasteiger partial charge >= 0.3 is 0 Å². The van der Waals surface area contributed by atoms with Crippen molar-refractivity contribution in [3.8, 4) is 17.2 Å². The Bertz CT molecular complexity index is 967. The van der Waals surface area contributed by atoms with Gasteiger partial charge in [0.25, 0.3) is 5.91 Å². The number of pyridine rings is 1. The van der Waals surface area contributed by atoms with Gasteiger partial charge in [-0.1, -0.05) is 18.2 Å². The highest BCUT2D eigenvalue weighted by Crippen LogP contribution is 2.26. The fraction of sp³-hybridized carbons (Fsp3) is 0.150. The van der Waals surface area contributed by atoms with Gasteiger partial charge in [-0.25, -0.2) is 5.43 Å². The first-order chi connectivity index (χ1) is 13.2. The molecule has 1 heterocycles. The number of para-hydroxylation sites is 1. The highest BCUT2D eigenvalue weighted by atomic mass is 16.5. The predicted octanol–water partition coefficient (Wildman–Crippen LogP) is 2.87. The van der Waals surface area contributed by atoms with Crippen LogP contribution in [0, 0.1) is 0 Å². The molecule has 0 atom stereocenters. The highest BCUT2D eigenvalue weighted by Gasteiger charge is 2.06. The standard InChI is InChI=1S/C20H19N3O4/c1-2-26-18-11-14(8-9-16(18)24)12-22-23-19(25)13-27-17-7-3-5-15-6-4-10-21-20(15)17/h3-12,24H,2,13H2,1H3,(H,23,25)/b22-12-. The zero-order chi connectivity index (χ0) is 19.1. The zero-order valence-electron chi connectivity index (χ0n) is 14.8. The first-order valence-electron chi connectivity index (χ1n) is 8.41. The molecule has 0 bridgehead atoms. The minimum absolute atomic E-state index is 0.0510. The van der Waals surface area contributed by atoms with Crippen LogP contribution in [0.2, 0.25) is 0 Å². The number of nitrogens with one attached hydrogen (secondary N) is 1. The maximum atomic E-state index is 11.9. The summed E-state index contributed by atoms with van der Waals surface area (Å²) in [7, 11) is 0. The van der Waals surface area contributed by atoms with E-state index in [4.69, 9.17) is 9.47 Å². The molecule has 7 nitrogen and oxygen atoms in total. The fourth-order valence-corrected chi connectivity index (χ4v) is 2.43. The second-order valence-corrected chi connectivity index (χ2v) is 5.57. The Morgan fingerprint density at radius 2 is 2.04 bits per heavy atom. The van der Waals surface area contributed by atoms with Crippen LogP contribution in [0.3, 0.4) is 0 Å². The topological polar surface area (TPSA) is 93.0 Å². The SMILES string of the molecule is CCOc1cc(/C=N\NC(=O)COc2cccc3cccnc23)ccc1O. The molecule has 0 saturated carbocycles. The molecular weight excluding hydrogens is 346 g/mol. The third-order valence-electron chi connectivity index (χ3n) is 3.64. The first kappa shape index (κ1) is 18.2. The molecule has 7 heteroatoms. The van der Waals surface area contributed by atoms with Crippen molar-refractivity contribution in [2.24, 2.45) is 5.10 Å². The summed E-state index contributed by atoms with van der Waals surface area (Å²) in [5.41, 5.74) is 3.77. The van der Waals surface area contributed by atoms with Crippen molar-refractivity contribution in [3.63, 3.8) is 0 Å². The molecule has 138 valence electrons. The summed E-state index contributed by atoms with van der Waals surface area (Å²) in [6, 6.07) is 14.1. The Kier molecular flexibility index (Phi) is 5.84. The quantitative estimate of drug-likeness (QED) is 0.496. The molecular formula is C20H19N3O4. The number of nitrogens with zero attached hydrogens (tertiary/aromatic N) is 2. The molecule has 0 aliphatic carbocycles. The lowest BCUT2D eigenvalue weighted by molar-refractivity contribution is -0.123. The number of amides is 1. The number of ether oxygens (including phenoxy) is 2. The van der Waals surface area contributed by atoms with Gasteiger partial charge in [-0.15, -0.1) is 0 Å². The van der Waals surface area contributed by atoms with Gasteiger partial charge in [-0.05, 0) is 42.8 Å². The van der Waals surface area contributed by atoms with E-state index in [1.54, 1.807) is 24.4 Å². The lowest BCUT2D eigenvalue weighted by Crippen LogP contribution is -2.24. The minimum Gasteiger partial charge on any atom is -0.504 e. The summed E-state index contributed by atoms with van der Waals surface area (Å²) >= 11 is 0. The van der Waals surface area contributed by atoms with Crippen LogP contribution < -0.4 is 14.9 Å². The average molecular weight is 365 g/mol. The monoisotopic (exact) mass is 365 g/mol. The van der Waals surface area contributed by atoms with Crippen molar-refractivity contribution in [1.29, 1.82) is 0 Å². The van der Waals surface area contributed by atoms with Gasteiger partial charge in [0.1, 0.15) is 11.3 Å². The van der Waals surface area contributed by atoms with Gasteiger partial charge in [0.05, 0.1) is 12.8 Å². The van der Waals surface area contributed by atoms with E-state index in [0.29, 0.717) is 29.2 Å². The van der Waals surface area contributed by atoms with E-state index in [1.165, 1.54) is 12.3 Å². The molecule has 0 unspecified atom stereocenters. The molecule has 0 fully saturated rings. The number of phenols is 1. The number of phenolic OH excluding ortho intramolecular Hbond substituents is 1. The molecule has 2 N–H and O–H groups in total. The normalized spacial score (nSPS) is 10.9. The number of fused-ring (bicyclic) bond motifs is 1. The molecule has 0 spiro atoms. The van der Waals surface area contributed by atoms with E-state index < -0.39 is 5.91 Å². The maximum Gasteiger partial charge on any atom is 0.277 e. The average Bonchev–Trinajstić information content (AvgIpc) is 2.69. The first-order valence-corrected chi connectivity index (χ1v) is 8.41. The van der Waals surface area contributed by atoms with E-state index in [1.807, 2.05) is 31.2 Å². The van der Waals surface area contributed by atoms with Crippen molar-refractivity contribution in [3.05, 3.63) is 60.3 Å². The van der Waals surface area contributed by atoms with Gasteiger partial charge < -0.3 is 14.6 Å². The van der Waals surface area contributed by atoms with Gasteiger partial charge in [-0.2, -0.15) is 5.10 Å². The summed E-state index contributed by atoms with van der Waals surface area (Å²) in [6.45, 7) is 2.07. The van der Waals surface area contributed by atoms with Crippen LogP contribution in [0.1, 0.15) is 12.5 Å². The van der Waals surface area contributed by atoms with Crippen molar-refractivity contribution in [2.45, 2.75) is 6.92 Å². The Morgan fingerprint density at radius 3 is 2.89 bits per heavy atom. The molecule has 0 aliphatic rings. The minimum atomic E-state index is -0.400. The van der Waals surface area contributed by atoms with E-state index in [0.717, 1.165) is 5.39 Å². The molecule has 0 aliphatic heterocycles. The van der Waals surface area contributed by atoms with E-state index in [-0.39, 0.29) is 12.4 Å². The van der Waals surface area contributed by atoms with Crippen molar-refractivity contribution in [2.75, 3.05) is 13.2 Å². The number of hydrazone groups is 1. The smallest absolute Gasteiger partial charge is 0.277 e. The molecule has 0 radical (unpaired) electrons. The summed E-state index contributed by atoms with van der Waals surface area (Å²) in [4.78, 5) is 16.2. The van der Waals surface area contributed by atoms with Gasteiger partial charge in [0.15, 0.2) is 18.1 Å². The Hall–Kier alpha value is -3.61. The number of rotatable bonds is 7. The summed E-state index contributed by atoms with van der Waals surface area (Å²) < 4.78 is 10.9. The summed E-state index contributed by atoms with van der Waals surface area (Å²) in [5, 5.41) is 14.5. The number of aromatic nitrogens is 1. The molecule has 2 aromatic carbocycles. The van der Waals surface area contributed by atoms with Crippen LogP contribution >= 0.6 is 0 Å². The second kappa shape index (κ2) is 8.66. The number of benzene rings is 2. The van der Waals surface area contributed by atoms with Gasteiger partial charge in [-0.3, -0.25) is 9.78 Å². The summed E-state index contributed by atoms with van der Waals surface area (Å²) in [6.07, 6.45) is 3.13. The van der Waals surface area contributed by atoms with E-state index >= 15 is 0 Å². The molecule has 1 amide bonds. The molecule has 1 aromatic heterocycles. The maximum absolute atomic E-state index is 11.9. The lowest BCUT2D eigenvalue weighted by atomic mass is 10.2. The van der Waals surface area contributed by atoms with Crippen LogP contribution in [0.25, 0.3) is 10.9 Å². The van der Waals surface area contributed by atoms with Gasteiger partial charge in [0, 0.05) is 11.6 Å². The third-order valence-corrected chi connectivity index (χ3v) is 3.64. The Balaban J connectivity index is 1.57. The van der Waals surface area contributed by atoms with E-state index in [9.17, 15) is 9.90 Å². The van der Waals surface area contributed by atoms with Crippen LogP contribution in [0.5, 0.6) is 17.2 Å².